The van der Waals surface area contributed by atoms with Gasteiger partial charge in [0.2, 0.25) is 10.0 Å². The Morgan fingerprint density at radius 1 is 1.47 bits per heavy atom. The van der Waals surface area contributed by atoms with Crippen molar-refractivity contribution in [2.75, 3.05) is 7.11 Å². The number of methoxy groups -OCH3 is 1. The van der Waals surface area contributed by atoms with Gasteiger partial charge in [-0.05, 0) is 18.2 Å². The van der Waals surface area contributed by atoms with E-state index >= 15 is 0 Å². The minimum atomic E-state index is -3.91. The van der Waals surface area contributed by atoms with E-state index in [1.165, 1.54) is 7.11 Å². The monoisotopic (exact) mass is 231 g/mol. The largest absolute Gasteiger partial charge is 0.495 e. The molecule has 0 saturated heterocycles. The van der Waals surface area contributed by atoms with Gasteiger partial charge in [-0.25, -0.2) is 18.4 Å². The summed E-state index contributed by atoms with van der Waals surface area (Å²) in [6.45, 7) is 0. The molecule has 0 fully saturated rings. The second-order valence-electron chi connectivity index (χ2n) is 2.72. The fourth-order valence-corrected chi connectivity index (χ4v) is 1.72. The highest BCUT2D eigenvalue weighted by Gasteiger charge is 2.16. The van der Waals surface area contributed by atoms with Crippen molar-refractivity contribution in [3.63, 3.8) is 0 Å². The fourth-order valence-electron chi connectivity index (χ4n) is 1.04. The van der Waals surface area contributed by atoms with Crippen molar-refractivity contribution in [1.29, 1.82) is 0 Å². The molecule has 0 unspecified atom stereocenters. The maximum absolute atomic E-state index is 11.0. The van der Waals surface area contributed by atoms with Gasteiger partial charge in [-0.2, -0.15) is 0 Å². The van der Waals surface area contributed by atoms with E-state index in [0.29, 0.717) is 0 Å². The number of carboxylic acid groups (broad SMARTS) is 1. The molecule has 0 spiro atoms. The van der Waals surface area contributed by atoms with Crippen LogP contribution in [0.5, 0.6) is 5.75 Å². The summed E-state index contributed by atoms with van der Waals surface area (Å²) in [5, 5.41) is 13.6. The number of ether oxygens (including phenoxy) is 1. The Bertz CT molecular complexity index is 494. The SMILES string of the molecule is COc1cc(C(=O)O)ccc1S(N)(=O)=O. The van der Waals surface area contributed by atoms with E-state index in [4.69, 9.17) is 15.0 Å². The average Bonchev–Trinajstić information content (AvgIpc) is 2.15. The van der Waals surface area contributed by atoms with Gasteiger partial charge < -0.3 is 9.84 Å². The van der Waals surface area contributed by atoms with E-state index in [1.807, 2.05) is 0 Å². The number of aromatic carboxylic acids is 1. The van der Waals surface area contributed by atoms with Gasteiger partial charge >= 0.3 is 5.97 Å². The predicted molar refractivity (Wildman–Crippen MR) is 51.3 cm³/mol. The van der Waals surface area contributed by atoms with E-state index in [0.717, 1.165) is 18.2 Å². The summed E-state index contributed by atoms with van der Waals surface area (Å²) in [4.78, 5) is 10.4. The van der Waals surface area contributed by atoms with Crippen molar-refractivity contribution in [2.45, 2.75) is 4.90 Å². The zero-order valence-electron chi connectivity index (χ0n) is 7.80. The van der Waals surface area contributed by atoms with Crippen LogP contribution in [0, 0.1) is 0 Å². The van der Waals surface area contributed by atoms with Crippen LogP contribution in [-0.4, -0.2) is 26.6 Å². The van der Waals surface area contributed by atoms with Crippen molar-refractivity contribution in [2.24, 2.45) is 5.14 Å². The van der Waals surface area contributed by atoms with E-state index in [9.17, 15) is 13.2 Å². The molecule has 0 atom stereocenters. The molecule has 0 aliphatic heterocycles. The third-order valence-corrected chi connectivity index (χ3v) is 2.67. The van der Waals surface area contributed by atoms with E-state index in [2.05, 4.69) is 0 Å². The summed E-state index contributed by atoms with van der Waals surface area (Å²) in [6.07, 6.45) is 0. The van der Waals surface area contributed by atoms with E-state index < -0.39 is 16.0 Å². The summed E-state index contributed by atoms with van der Waals surface area (Å²) in [5.74, 6) is -1.26. The Morgan fingerprint density at radius 3 is 2.47 bits per heavy atom. The molecule has 0 heterocycles. The van der Waals surface area contributed by atoms with Gasteiger partial charge in [0.25, 0.3) is 0 Å². The van der Waals surface area contributed by atoms with Gasteiger partial charge in [-0.1, -0.05) is 0 Å². The summed E-state index contributed by atoms with van der Waals surface area (Å²) in [7, 11) is -2.67. The number of sulfonamides is 1. The number of rotatable bonds is 3. The summed E-state index contributed by atoms with van der Waals surface area (Å²) in [6, 6.07) is 3.34. The van der Waals surface area contributed by atoms with Gasteiger partial charge in [-0.15, -0.1) is 0 Å². The molecule has 7 heteroatoms. The lowest BCUT2D eigenvalue weighted by molar-refractivity contribution is 0.0696. The third-order valence-electron chi connectivity index (χ3n) is 1.72. The third kappa shape index (κ3) is 2.45. The van der Waals surface area contributed by atoms with Gasteiger partial charge in [-0.3, -0.25) is 0 Å². The van der Waals surface area contributed by atoms with Crippen LogP contribution in [0.25, 0.3) is 0 Å². The fraction of sp³-hybridized carbons (Fsp3) is 0.125. The number of nitrogens with two attached hydrogens (primary N) is 1. The van der Waals surface area contributed by atoms with Crippen LogP contribution in [0.4, 0.5) is 0 Å². The van der Waals surface area contributed by atoms with Crippen molar-refractivity contribution < 1.29 is 23.1 Å². The first-order valence-electron chi connectivity index (χ1n) is 3.80. The topological polar surface area (TPSA) is 107 Å². The Kier molecular flexibility index (Phi) is 2.96. The van der Waals surface area contributed by atoms with Gasteiger partial charge in [0.1, 0.15) is 10.6 Å². The van der Waals surface area contributed by atoms with Gasteiger partial charge in [0.15, 0.2) is 0 Å². The maximum atomic E-state index is 11.0. The number of hydrogen-bond donors (Lipinski definition) is 2. The van der Waals surface area contributed by atoms with Gasteiger partial charge in [0, 0.05) is 0 Å². The Labute approximate surface area is 86.3 Å². The van der Waals surface area contributed by atoms with Crippen LogP contribution in [0.1, 0.15) is 10.4 Å². The zero-order chi connectivity index (χ0) is 11.6. The first-order valence-corrected chi connectivity index (χ1v) is 5.35. The minimum absolute atomic E-state index is 0.0701. The standard InChI is InChI=1S/C8H9NO5S/c1-14-6-4-5(8(10)11)2-3-7(6)15(9,12)13/h2-4H,1H3,(H,10,11)(H2,9,12,13). The molecular weight excluding hydrogens is 222 g/mol. The number of carbonyl (C=O) groups is 1. The molecule has 0 aliphatic carbocycles. The summed E-state index contributed by atoms with van der Waals surface area (Å²) >= 11 is 0. The molecule has 15 heavy (non-hydrogen) atoms. The maximum Gasteiger partial charge on any atom is 0.335 e. The van der Waals surface area contributed by atoms with Crippen LogP contribution >= 0.6 is 0 Å². The Balaban J connectivity index is 3.40. The van der Waals surface area contributed by atoms with Crippen molar-refractivity contribution in [3.05, 3.63) is 23.8 Å². The van der Waals surface area contributed by atoms with E-state index in [1.54, 1.807) is 0 Å². The lowest BCUT2D eigenvalue weighted by Crippen LogP contribution is -2.14. The molecule has 3 N–H and O–H groups in total. The molecule has 0 amide bonds. The molecule has 1 aromatic carbocycles. The van der Waals surface area contributed by atoms with Crippen LogP contribution in [0.3, 0.4) is 0 Å². The molecule has 0 radical (unpaired) electrons. The highest BCUT2D eigenvalue weighted by atomic mass is 32.2. The lowest BCUT2D eigenvalue weighted by Gasteiger charge is -2.06. The Morgan fingerprint density at radius 2 is 2.07 bits per heavy atom. The predicted octanol–water partition coefficient (Wildman–Crippen LogP) is 0.0408. The zero-order valence-corrected chi connectivity index (χ0v) is 8.61. The first-order chi connectivity index (χ1) is 6.86. The Hall–Kier alpha value is -1.60. The molecule has 0 bridgehead atoms. The quantitative estimate of drug-likeness (QED) is 0.763. The van der Waals surface area contributed by atoms with Crippen LogP contribution in [0.2, 0.25) is 0 Å². The van der Waals surface area contributed by atoms with Gasteiger partial charge in [0.05, 0.1) is 12.7 Å². The molecule has 1 rings (SSSR count). The first kappa shape index (κ1) is 11.5. The smallest absolute Gasteiger partial charge is 0.335 e. The molecule has 0 aromatic heterocycles. The normalized spacial score (nSPS) is 11.1. The number of benzene rings is 1. The van der Waals surface area contributed by atoms with Crippen molar-refractivity contribution in [3.8, 4) is 5.75 Å². The molecule has 82 valence electrons. The highest BCUT2D eigenvalue weighted by molar-refractivity contribution is 7.89. The number of carboxylic acids is 1. The summed E-state index contributed by atoms with van der Waals surface area (Å²) < 4.78 is 26.8. The highest BCUT2D eigenvalue weighted by Crippen LogP contribution is 2.23. The second-order valence-corrected chi connectivity index (χ2v) is 4.25. The molecule has 6 nitrogen and oxygen atoms in total. The minimum Gasteiger partial charge on any atom is -0.495 e. The van der Waals surface area contributed by atoms with Crippen LogP contribution in [0.15, 0.2) is 23.1 Å². The lowest BCUT2D eigenvalue weighted by atomic mass is 10.2. The second kappa shape index (κ2) is 3.87. The van der Waals surface area contributed by atoms with Crippen LogP contribution in [-0.2, 0) is 10.0 Å². The molecule has 0 saturated carbocycles. The van der Waals surface area contributed by atoms with Crippen molar-refractivity contribution >= 4 is 16.0 Å². The molecule has 1 aromatic rings. The average molecular weight is 231 g/mol. The number of hydrogen-bond acceptors (Lipinski definition) is 4. The van der Waals surface area contributed by atoms with E-state index in [-0.39, 0.29) is 16.2 Å². The van der Waals surface area contributed by atoms with Crippen LogP contribution < -0.4 is 9.88 Å². The van der Waals surface area contributed by atoms with Crippen molar-refractivity contribution in [1.82, 2.24) is 0 Å². The number of primary sulfonamides is 1. The summed E-state index contributed by atoms with van der Waals surface area (Å²) in [5.41, 5.74) is -0.0701. The molecular formula is C8H9NO5S. The molecule has 0 aliphatic rings.